The maximum atomic E-state index is 12.5. The molecular formula is C20H18N6O2S2. The Bertz CT molecular complexity index is 1260. The number of fused-ring (bicyclic) bond motifs is 1. The zero-order valence-corrected chi connectivity index (χ0v) is 18.1. The second-order valence-electron chi connectivity index (χ2n) is 6.52. The van der Waals surface area contributed by atoms with Crippen LogP contribution in [0.15, 0.2) is 42.5 Å². The summed E-state index contributed by atoms with van der Waals surface area (Å²) >= 11 is 6.79. The van der Waals surface area contributed by atoms with E-state index in [1.165, 1.54) is 11.3 Å². The maximum absolute atomic E-state index is 12.5. The molecule has 4 rings (SSSR count). The van der Waals surface area contributed by atoms with E-state index in [4.69, 9.17) is 17.0 Å². The minimum absolute atomic E-state index is 0.206. The number of thiocarbonyl (C=S) groups is 1. The lowest BCUT2D eigenvalue weighted by atomic mass is 10.1. The number of aromatic nitrogens is 4. The van der Waals surface area contributed by atoms with Crippen LogP contribution in [0.4, 0.5) is 5.69 Å². The number of benzene rings is 2. The van der Waals surface area contributed by atoms with E-state index in [9.17, 15) is 4.79 Å². The molecule has 0 saturated heterocycles. The molecule has 152 valence electrons. The Labute approximate surface area is 181 Å². The van der Waals surface area contributed by atoms with E-state index in [0.29, 0.717) is 11.3 Å². The first-order chi connectivity index (χ1) is 14.4. The molecule has 30 heavy (non-hydrogen) atoms. The van der Waals surface area contributed by atoms with Gasteiger partial charge < -0.3 is 10.1 Å². The first-order valence-corrected chi connectivity index (χ1v) is 10.2. The van der Waals surface area contributed by atoms with E-state index >= 15 is 0 Å². The van der Waals surface area contributed by atoms with Gasteiger partial charge in [0.2, 0.25) is 4.96 Å². The van der Waals surface area contributed by atoms with Gasteiger partial charge in [-0.15, -0.1) is 10.2 Å². The molecule has 0 unspecified atom stereocenters. The molecule has 2 aromatic carbocycles. The number of carbonyl (C=O) groups is 1. The van der Waals surface area contributed by atoms with Crippen molar-refractivity contribution in [1.29, 1.82) is 0 Å². The van der Waals surface area contributed by atoms with Gasteiger partial charge in [0.05, 0.1) is 7.11 Å². The van der Waals surface area contributed by atoms with Crippen LogP contribution in [0.1, 0.15) is 21.7 Å². The van der Waals surface area contributed by atoms with Gasteiger partial charge in [0.25, 0.3) is 5.91 Å². The van der Waals surface area contributed by atoms with Crippen LogP contribution in [0.25, 0.3) is 15.5 Å². The zero-order chi connectivity index (χ0) is 21.3. The van der Waals surface area contributed by atoms with Gasteiger partial charge in [0.1, 0.15) is 10.8 Å². The van der Waals surface area contributed by atoms with Crippen molar-refractivity contribution >= 4 is 45.2 Å². The van der Waals surface area contributed by atoms with Gasteiger partial charge in [-0.25, -0.2) is 0 Å². The van der Waals surface area contributed by atoms with Crippen LogP contribution >= 0.6 is 23.6 Å². The average molecular weight is 439 g/mol. The molecule has 1 amide bonds. The Morgan fingerprint density at radius 3 is 2.77 bits per heavy atom. The number of hydrogen-bond donors (Lipinski definition) is 2. The quantitative estimate of drug-likeness (QED) is 0.470. The molecule has 0 aliphatic rings. The Kier molecular flexibility index (Phi) is 5.42. The minimum atomic E-state index is -0.315. The summed E-state index contributed by atoms with van der Waals surface area (Å²) in [5.41, 5.74) is 3.14. The molecule has 0 aliphatic carbocycles. The van der Waals surface area contributed by atoms with E-state index in [1.807, 2.05) is 32.0 Å². The van der Waals surface area contributed by atoms with E-state index in [2.05, 4.69) is 25.9 Å². The lowest BCUT2D eigenvalue weighted by molar-refractivity contribution is 0.0977. The number of nitrogens with one attached hydrogen (secondary N) is 2. The lowest BCUT2D eigenvalue weighted by Gasteiger charge is -2.13. The fourth-order valence-corrected chi connectivity index (χ4v) is 3.90. The number of carbonyl (C=O) groups excluding carboxylic acids is 1. The van der Waals surface area contributed by atoms with Gasteiger partial charge in [-0.05, 0) is 55.9 Å². The topological polar surface area (TPSA) is 93.4 Å². The average Bonchev–Trinajstić information content (AvgIpc) is 3.31. The van der Waals surface area contributed by atoms with Crippen molar-refractivity contribution in [2.24, 2.45) is 0 Å². The summed E-state index contributed by atoms with van der Waals surface area (Å²) in [5, 5.41) is 19.5. The Morgan fingerprint density at radius 1 is 1.17 bits per heavy atom. The summed E-state index contributed by atoms with van der Waals surface area (Å²) in [6.45, 7) is 3.82. The predicted octanol–water partition coefficient (Wildman–Crippen LogP) is 3.61. The highest BCUT2D eigenvalue weighted by Crippen LogP contribution is 2.29. The number of aryl methyl sites for hydroxylation is 2. The van der Waals surface area contributed by atoms with Crippen molar-refractivity contribution in [2.45, 2.75) is 13.8 Å². The third kappa shape index (κ3) is 4.00. The Morgan fingerprint density at radius 2 is 2.00 bits per heavy atom. The SMILES string of the molecule is COc1cccc(C(=O)NC(=S)Nc2cc(-c3nn4c(C)nnc4s3)ccc2C)c1. The summed E-state index contributed by atoms with van der Waals surface area (Å²) in [5.74, 6) is 1.02. The van der Waals surface area contributed by atoms with Crippen molar-refractivity contribution in [1.82, 2.24) is 25.1 Å². The van der Waals surface area contributed by atoms with E-state index < -0.39 is 0 Å². The van der Waals surface area contributed by atoms with Gasteiger partial charge in [0, 0.05) is 16.8 Å². The van der Waals surface area contributed by atoms with Crippen molar-refractivity contribution in [3.8, 4) is 16.3 Å². The number of methoxy groups -OCH3 is 1. The van der Waals surface area contributed by atoms with Gasteiger partial charge in [-0.1, -0.05) is 29.5 Å². The molecule has 0 aliphatic heterocycles. The second-order valence-corrected chi connectivity index (χ2v) is 7.88. The zero-order valence-electron chi connectivity index (χ0n) is 16.5. The van der Waals surface area contributed by atoms with Gasteiger partial charge in [-0.3, -0.25) is 10.1 Å². The number of rotatable bonds is 4. The van der Waals surface area contributed by atoms with Crippen LogP contribution in [0.5, 0.6) is 5.75 Å². The number of amides is 1. The normalized spacial score (nSPS) is 10.8. The molecule has 0 bridgehead atoms. The Balaban J connectivity index is 1.51. The van der Waals surface area contributed by atoms with Gasteiger partial charge >= 0.3 is 0 Å². The van der Waals surface area contributed by atoms with Crippen molar-refractivity contribution < 1.29 is 9.53 Å². The Hall–Kier alpha value is -3.37. The van der Waals surface area contributed by atoms with Crippen LogP contribution < -0.4 is 15.4 Å². The fraction of sp³-hybridized carbons (Fsp3) is 0.150. The molecular weight excluding hydrogens is 420 g/mol. The van der Waals surface area contributed by atoms with Crippen molar-refractivity contribution in [3.63, 3.8) is 0 Å². The molecule has 2 N–H and O–H groups in total. The molecule has 2 aromatic heterocycles. The number of hydrogen-bond acceptors (Lipinski definition) is 7. The highest BCUT2D eigenvalue weighted by molar-refractivity contribution is 7.80. The largest absolute Gasteiger partial charge is 0.497 e. The number of ether oxygens (including phenoxy) is 1. The fourth-order valence-electron chi connectivity index (χ4n) is 2.81. The third-order valence-electron chi connectivity index (χ3n) is 4.44. The van der Waals surface area contributed by atoms with E-state index in [1.54, 1.807) is 35.9 Å². The molecule has 0 atom stereocenters. The standard InChI is InChI=1S/C20H18N6O2S2/c1-11-7-8-14(18-25-26-12(2)23-24-20(26)30-18)10-16(11)21-19(29)22-17(27)13-5-4-6-15(9-13)28-3/h4-10H,1-3H3,(H2,21,22,27,29). The summed E-state index contributed by atoms with van der Waals surface area (Å²) in [7, 11) is 1.55. The predicted molar refractivity (Wildman–Crippen MR) is 120 cm³/mol. The molecule has 0 spiro atoms. The highest BCUT2D eigenvalue weighted by Gasteiger charge is 2.13. The van der Waals surface area contributed by atoms with E-state index in [-0.39, 0.29) is 11.0 Å². The highest BCUT2D eigenvalue weighted by atomic mass is 32.1. The van der Waals surface area contributed by atoms with Crippen LogP contribution in [-0.2, 0) is 0 Å². The van der Waals surface area contributed by atoms with Crippen LogP contribution in [0, 0.1) is 13.8 Å². The first-order valence-electron chi connectivity index (χ1n) is 9.01. The van der Waals surface area contributed by atoms with Gasteiger partial charge in [-0.2, -0.15) is 9.61 Å². The number of nitrogens with zero attached hydrogens (tertiary/aromatic N) is 4. The van der Waals surface area contributed by atoms with E-state index in [0.717, 1.165) is 32.6 Å². The molecule has 0 saturated carbocycles. The van der Waals surface area contributed by atoms with Gasteiger partial charge in [0.15, 0.2) is 10.9 Å². The van der Waals surface area contributed by atoms with Crippen molar-refractivity contribution in [3.05, 3.63) is 59.4 Å². The third-order valence-corrected chi connectivity index (χ3v) is 5.59. The molecule has 0 fully saturated rings. The minimum Gasteiger partial charge on any atom is -0.497 e. The van der Waals surface area contributed by atoms with Crippen LogP contribution in [0.3, 0.4) is 0 Å². The smallest absolute Gasteiger partial charge is 0.257 e. The molecule has 0 radical (unpaired) electrons. The lowest BCUT2D eigenvalue weighted by Crippen LogP contribution is -2.34. The summed E-state index contributed by atoms with van der Waals surface area (Å²) in [6.07, 6.45) is 0. The summed E-state index contributed by atoms with van der Waals surface area (Å²) in [4.78, 5) is 13.2. The second kappa shape index (κ2) is 8.17. The monoisotopic (exact) mass is 438 g/mol. The number of anilines is 1. The van der Waals surface area contributed by atoms with Crippen molar-refractivity contribution in [2.75, 3.05) is 12.4 Å². The molecule has 4 aromatic rings. The molecule has 2 heterocycles. The molecule has 10 heteroatoms. The van der Waals surface area contributed by atoms with Crippen LogP contribution in [0.2, 0.25) is 0 Å². The maximum Gasteiger partial charge on any atom is 0.257 e. The summed E-state index contributed by atoms with van der Waals surface area (Å²) < 4.78 is 6.87. The molecule has 8 nitrogen and oxygen atoms in total. The van der Waals surface area contributed by atoms with Crippen LogP contribution in [-0.4, -0.2) is 37.9 Å². The summed E-state index contributed by atoms with van der Waals surface area (Å²) in [6, 6.07) is 12.8. The first kappa shape index (κ1) is 19.9.